The number of benzene rings is 3. The van der Waals surface area contributed by atoms with Crippen LogP contribution in [-0.4, -0.2) is 20.9 Å². The molecule has 4 rings (SSSR count). The van der Waals surface area contributed by atoms with E-state index in [2.05, 4.69) is 22.2 Å². The van der Waals surface area contributed by atoms with E-state index in [9.17, 15) is 13.2 Å². The quantitative estimate of drug-likeness (QED) is 0.556. The molecule has 0 aromatic heterocycles. The number of carbonyl (C=O) groups excluding carboxylic acids is 1. The zero-order valence-electron chi connectivity index (χ0n) is 17.3. The maximum Gasteiger partial charge on any atom is 0.261 e. The minimum absolute atomic E-state index is 0.0484. The lowest BCUT2D eigenvalue weighted by molar-refractivity contribution is -0.129. The van der Waals surface area contributed by atoms with Gasteiger partial charge < -0.3 is 5.32 Å². The van der Waals surface area contributed by atoms with Crippen molar-refractivity contribution >= 4 is 21.6 Å². The van der Waals surface area contributed by atoms with Crippen molar-refractivity contribution in [3.05, 3.63) is 96.1 Å². The number of rotatable bonds is 8. The van der Waals surface area contributed by atoms with Crippen molar-refractivity contribution in [1.82, 2.24) is 5.32 Å². The molecule has 1 amide bonds. The summed E-state index contributed by atoms with van der Waals surface area (Å²) in [5, 5.41) is 3.10. The number of nitrogens with one attached hydrogen (secondary N) is 2. The highest BCUT2D eigenvalue weighted by atomic mass is 32.2. The molecule has 31 heavy (non-hydrogen) atoms. The van der Waals surface area contributed by atoms with Gasteiger partial charge in [0, 0.05) is 12.2 Å². The van der Waals surface area contributed by atoms with Crippen LogP contribution in [0.5, 0.6) is 0 Å². The Bertz CT molecular complexity index is 1120. The summed E-state index contributed by atoms with van der Waals surface area (Å²) in [6.45, 7) is 0.597. The number of sulfonamides is 1. The fourth-order valence-corrected chi connectivity index (χ4v) is 5.06. The minimum atomic E-state index is -3.64. The standard InChI is InChI=1S/C25H26N2O3S/c28-24(26-19-16-20-8-3-1-4-9-20)25(17-7-18-25)21-12-14-22(15-13-21)27-31(29,30)23-10-5-2-6-11-23/h1-6,8-15,27H,7,16-19H2,(H,26,28). The van der Waals surface area contributed by atoms with E-state index < -0.39 is 15.4 Å². The van der Waals surface area contributed by atoms with Gasteiger partial charge in [0.25, 0.3) is 10.0 Å². The van der Waals surface area contributed by atoms with E-state index in [0.717, 1.165) is 31.2 Å². The highest BCUT2D eigenvalue weighted by Gasteiger charge is 2.45. The zero-order chi connectivity index (χ0) is 21.7. The third-order valence-corrected chi connectivity index (χ3v) is 7.32. The average molecular weight is 435 g/mol. The topological polar surface area (TPSA) is 75.3 Å². The van der Waals surface area contributed by atoms with Crippen molar-refractivity contribution in [2.24, 2.45) is 0 Å². The largest absolute Gasteiger partial charge is 0.355 e. The first-order valence-corrected chi connectivity index (χ1v) is 12.0. The highest BCUT2D eigenvalue weighted by molar-refractivity contribution is 7.92. The molecular weight excluding hydrogens is 408 g/mol. The summed E-state index contributed by atoms with van der Waals surface area (Å²) in [6.07, 6.45) is 3.41. The second-order valence-electron chi connectivity index (χ2n) is 7.92. The molecule has 3 aromatic rings. The van der Waals surface area contributed by atoms with Gasteiger partial charge in [-0.1, -0.05) is 67.1 Å². The zero-order valence-corrected chi connectivity index (χ0v) is 18.1. The summed E-state index contributed by atoms with van der Waals surface area (Å²) in [5.41, 5.74) is 2.08. The van der Waals surface area contributed by atoms with Gasteiger partial charge in [0.15, 0.2) is 0 Å². The lowest BCUT2D eigenvalue weighted by atomic mass is 9.64. The minimum Gasteiger partial charge on any atom is -0.355 e. The molecule has 0 radical (unpaired) electrons. The highest BCUT2D eigenvalue weighted by Crippen LogP contribution is 2.44. The van der Waals surface area contributed by atoms with Crippen LogP contribution in [-0.2, 0) is 26.7 Å². The van der Waals surface area contributed by atoms with Crippen molar-refractivity contribution in [3.63, 3.8) is 0 Å². The summed E-state index contributed by atoms with van der Waals surface area (Å²) in [6, 6.07) is 25.5. The van der Waals surface area contributed by atoms with Gasteiger partial charge in [-0.2, -0.15) is 0 Å². The van der Waals surface area contributed by atoms with Crippen LogP contribution in [0.25, 0.3) is 0 Å². The molecule has 0 spiro atoms. The van der Waals surface area contributed by atoms with E-state index in [1.807, 2.05) is 30.3 Å². The molecule has 1 fully saturated rings. The van der Waals surface area contributed by atoms with E-state index in [1.165, 1.54) is 5.56 Å². The summed E-state index contributed by atoms with van der Waals surface area (Å²) in [5.74, 6) is 0.0484. The van der Waals surface area contributed by atoms with Gasteiger partial charge >= 0.3 is 0 Å². The Morgan fingerprint density at radius 1 is 0.839 bits per heavy atom. The van der Waals surface area contributed by atoms with Gasteiger partial charge in [-0.15, -0.1) is 0 Å². The molecule has 6 heteroatoms. The van der Waals surface area contributed by atoms with E-state index in [-0.39, 0.29) is 10.8 Å². The SMILES string of the molecule is O=C(NCCc1ccccc1)C1(c2ccc(NS(=O)(=O)c3ccccc3)cc2)CCC1. The second kappa shape index (κ2) is 8.94. The predicted molar refractivity (Wildman–Crippen MR) is 122 cm³/mol. The molecule has 0 bridgehead atoms. The number of hydrogen-bond donors (Lipinski definition) is 2. The van der Waals surface area contributed by atoms with Crippen LogP contribution in [0.3, 0.4) is 0 Å². The lowest BCUT2D eigenvalue weighted by Crippen LogP contribution is -2.49. The summed E-state index contributed by atoms with van der Waals surface area (Å²) >= 11 is 0. The molecule has 1 aliphatic carbocycles. The van der Waals surface area contributed by atoms with E-state index in [4.69, 9.17) is 0 Å². The number of anilines is 1. The second-order valence-corrected chi connectivity index (χ2v) is 9.61. The van der Waals surface area contributed by atoms with Gasteiger partial charge in [0.2, 0.25) is 5.91 Å². The van der Waals surface area contributed by atoms with Gasteiger partial charge in [0.05, 0.1) is 10.3 Å². The van der Waals surface area contributed by atoms with Crippen LogP contribution in [0, 0.1) is 0 Å². The predicted octanol–water partition coefficient (Wildman–Crippen LogP) is 4.27. The maximum absolute atomic E-state index is 13.0. The number of carbonyl (C=O) groups is 1. The first-order chi connectivity index (χ1) is 15.0. The molecule has 3 aromatic carbocycles. The van der Waals surface area contributed by atoms with E-state index in [1.54, 1.807) is 42.5 Å². The Morgan fingerprint density at radius 2 is 1.45 bits per heavy atom. The van der Waals surface area contributed by atoms with Gasteiger partial charge in [-0.25, -0.2) is 8.42 Å². The molecule has 160 valence electrons. The first kappa shape index (κ1) is 21.1. The molecule has 0 heterocycles. The molecule has 0 atom stereocenters. The molecule has 1 aliphatic rings. The van der Waals surface area contributed by atoms with Gasteiger partial charge in [-0.3, -0.25) is 9.52 Å². The van der Waals surface area contributed by atoms with Crippen LogP contribution in [0.15, 0.2) is 89.8 Å². The monoisotopic (exact) mass is 434 g/mol. The van der Waals surface area contributed by atoms with Crippen LogP contribution in [0.1, 0.15) is 30.4 Å². The normalized spacial score (nSPS) is 15.0. The fourth-order valence-electron chi connectivity index (χ4n) is 3.98. The van der Waals surface area contributed by atoms with Crippen molar-refractivity contribution in [1.29, 1.82) is 0 Å². The van der Waals surface area contributed by atoms with Crippen molar-refractivity contribution in [2.75, 3.05) is 11.3 Å². The third-order valence-electron chi connectivity index (χ3n) is 5.93. The van der Waals surface area contributed by atoms with Crippen LogP contribution in [0.4, 0.5) is 5.69 Å². The van der Waals surface area contributed by atoms with E-state index >= 15 is 0 Å². The summed E-state index contributed by atoms with van der Waals surface area (Å²) < 4.78 is 27.6. The summed E-state index contributed by atoms with van der Waals surface area (Å²) in [7, 11) is -3.64. The average Bonchev–Trinajstić information content (AvgIpc) is 2.75. The van der Waals surface area contributed by atoms with E-state index in [0.29, 0.717) is 12.2 Å². The third kappa shape index (κ3) is 4.64. The number of hydrogen-bond acceptors (Lipinski definition) is 3. The molecule has 2 N–H and O–H groups in total. The molecule has 1 saturated carbocycles. The molecular formula is C25H26N2O3S. The first-order valence-electron chi connectivity index (χ1n) is 10.5. The maximum atomic E-state index is 13.0. The Kier molecular flexibility index (Phi) is 6.09. The van der Waals surface area contributed by atoms with Crippen LogP contribution >= 0.6 is 0 Å². The van der Waals surface area contributed by atoms with Gasteiger partial charge in [0.1, 0.15) is 0 Å². The molecule has 0 aliphatic heterocycles. The van der Waals surface area contributed by atoms with Crippen molar-refractivity contribution in [2.45, 2.75) is 36.0 Å². The Balaban J connectivity index is 1.42. The lowest BCUT2D eigenvalue weighted by Gasteiger charge is -2.40. The smallest absolute Gasteiger partial charge is 0.261 e. The molecule has 0 unspecified atom stereocenters. The van der Waals surface area contributed by atoms with Crippen LogP contribution < -0.4 is 10.0 Å². The van der Waals surface area contributed by atoms with Crippen molar-refractivity contribution < 1.29 is 13.2 Å². The Labute approximate surface area is 183 Å². The van der Waals surface area contributed by atoms with Crippen molar-refractivity contribution in [3.8, 4) is 0 Å². The molecule has 5 nitrogen and oxygen atoms in total. The van der Waals surface area contributed by atoms with Crippen LogP contribution in [0.2, 0.25) is 0 Å². The Morgan fingerprint density at radius 3 is 2.03 bits per heavy atom. The summed E-state index contributed by atoms with van der Waals surface area (Å²) in [4.78, 5) is 13.2. The number of amides is 1. The van der Waals surface area contributed by atoms with Gasteiger partial charge in [-0.05, 0) is 54.7 Å². The fraction of sp³-hybridized carbons (Fsp3) is 0.240. The molecule has 0 saturated heterocycles. The Hall–Kier alpha value is -3.12.